The molecule has 0 saturated carbocycles. The largest absolute Gasteiger partial charge is 0.493 e. The number of ether oxygens (including phenoxy) is 3. The Morgan fingerprint density at radius 2 is 2.00 bits per heavy atom. The minimum atomic E-state index is -0.428. The third-order valence-electron chi connectivity index (χ3n) is 3.93. The molecule has 0 spiro atoms. The lowest BCUT2D eigenvalue weighted by molar-refractivity contribution is -0.138. The fraction of sp³-hybridized carbons (Fsp3) is 0.444. The molecule has 142 valence electrons. The molecular weight excluding hydrogens is 338 g/mol. The summed E-state index contributed by atoms with van der Waals surface area (Å²) in [5.74, 6) is 0.887. The predicted molar refractivity (Wildman–Crippen MR) is 96.1 cm³/mol. The Morgan fingerprint density at radius 1 is 1.23 bits per heavy atom. The van der Waals surface area contributed by atoms with Gasteiger partial charge in [-0.25, -0.2) is 9.59 Å². The molecule has 1 aromatic rings. The lowest BCUT2D eigenvalue weighted by atomic mass is 10.1. The average Bonchev–Trinajstić information content (AvgIpc) is 2.61. The monoisotopic (exact) mass is 363 g/mol. The number of nitrogens with one attached hydrogen (secondary N) is 2. The van der Waals surface area contributed by atoms with Crippen molar-refractivity contribution >= 4 is 12.0 Å². The molecule has 0 saturated heterocycles. The van der Waals surface area contributed by atoms with Crippen LogP contribution in [-0.4, -0.2) is 57.9 Å². The van der Waals surface area contributed by atoms with Crippen LogP contribution in [0, 0.1) is 0 Å². The van der Waals surface area contributed by atoms with Gasteiger partial charge >= 0.3 is 12.0 Å². The summed E-state index contributed by atoms with van der Waals surface area (Å²) < 4.78 is 15.8. The predicted octanol–water partition coefficient (Wildman–Crippen LogP) is 1.27. The van der Waals surface area contributed by atoms with Gasteiger partial charge in [-0.2, -0.15) is 0 Å². The molecule has 1 aliphatic rings. The number of urea groups is 1. The van der Waals surface area contributed by atoms with Crippen LogP contribution >= 0.6 is 0 Å². The van der Waals surface area contributed by atoms with Crippen LogP contribution in [0.25, 0.3) is 0 Å². The Labute approximate surface area is 153 Å². The third kappa shape index (κ3) is 4.66. The summed E-state index contributed by atoms with van der Waals surface area (Å²) in [7, 11) is 5.07. The van der Waals surface area contributed by atoms with Gasteiger partial charge in [0.2, 0.25) is 0 Å². The first-order valence-electron chi connectivity index (χ1n) is 8.32. The number of hydrogen-bond acceptors (Lipinski definition) is 6. The highest BCUT2D eigenvalue weighted by molar-refractivity contribution is 5.93. The minimum absolute atomic E-state index is 0.149. The van der Waals surface area contributed by atoms with E-state index >= 15 is 0 Å². The standard InChI is InChI=1S/C18H25N3O5/c1-5-26-17(22)13-9-19-18(23)20-14(13)11-21(2)10-12-7-6-8-15(24-3)16(12)25-4/h6-8H,5,9-11H2,1-4H3,(H2,19,20,23). The van der Waals surface area contributed by atoms with E-state index in [4.69, 9.17) is 14.2 Å². The Morgan fingerprint density at radius 3 is 2.65 bits per heavy atom. The van der Waals surface area contributed by atoms with Crippen molar-refractivity contribution in [3.63, 3.8) is 0 Å². The molecule has 0 aromatic heterocycles. The number of rotatable bonds is 8. The van der Waals surface area contributed by atoms with Gasteiger partial charge in [0.25, 0.3) is 0 Å². The number of nitrogens with zero attached hydrogens (tertiary/aromatic N) is 1. The molecule has 0 bridgehead atoms. The maximum atomic E-state index is 12.1. The molecule has 1 heterocycles. The van der Waals surface area contributed by atoms with Crippen LogP contribution in [0.3, 0.4) is 0 Å². The number of esters is 1. The first-order chi connectivity index (χ1) is 12.5. The third-order valence-corrected chi connectivity index (χ3v) is 3.93. The Kier molecular flexibility index (Phi) is 6.85. The van der Waals surface area contributed by atoms with E-state index in [-0.39, 0.29) is 19.2 Å². The number of amides is 2. The molecule has 1 aromatic carbocycles. The molecule has 8 nitrogen and oxygen atoms in total. The van der Waals surface area contributed by atoms with Crippen LogP contribution in [0.4, 0.5) is 4.79 Å². The smallest absolute Gasteiger partial charge is 0.337 e. The van der Waals surface area contributed by atoms with E-state index in [9.17, 15) is 9.59 Å². The van der Waals surface area contributed by atoms with Crippen LogP contribution in [0.2, 0.25) is 0 Å². The average molecular weight is 363 g/mol. The van der Waals surface area contributed by atoms with E-state index in [2.05, 4.69) is 10.6 Å². The molecule has 2 N–H and O–H groups in total. The molecular formula is C18H25N3O5. The molecule has 1 aliphatic heterocycles. The van der Waals surface area contributed by atoms with Crippen molar-refractivity contribution in [1.29, 1.82) is 0 Å². The van der Waals surface area contributed by atoms with Crippen LogP contribution in [0.1, 0.15) is 12.5 Å². The maximum absolute atomic E-state index is 12.1. The number of likely N-dealkylation sites (N-methyl/N-ethyl adjacent to an activating group) is 1. The van der Waals surface area contributed by atoms with Gasteiger partial charge in [-0.05, 0) is 20.0 Å². The molecule has 8 heteroatoms. The summed E-state index contributed by atoms with van der Waals surface area (Å²) in [5, 5.41) is 5.30. The molecule has 0 aliphatic carbocycles. The fourth-order valence-corrected chi connectivity index (χ4v) is 2.78. The molecule has 26 heavy (non-hydrogen) atoms. The van der Waals surface area contributed by atoms with Crippen molar-refractivity contribution in [2.45, 2.75) is 13.5 Å². The normalized spacial score (nSPS) is 14.0. The Hall–Kier alpha value is -2.74. The molecule has 0 unspecified atom stereocenters. The van der Waals surface area contributed by atoms with E-state index in [0.29, 0.717) is 35.9 Å². The molecule has 0 radical (unpaired) electrons. The van der Waals surface area contributed by atoms with Crippen molar-refractivity contribution in [2.75, 3.05) is 41.0 Å². The van der Waals surface area contributed by atoms with Gasteiger partial charge in [-0.1, -0.05) is 12.1 Å². The molecule has 2 rings (SSSR count). The van der Waals surface area contributed by atoms with Crippen molar-refractivity contribution in [1.82, 2.24) is 15.5 Å². The van der Waals surface area contributed by atoms with Gasteiger partial charge in [-0.3, -0.25) is 4.90 Å². The van der Waals surface area contributed by atoms with Crippen molar-refractivity contribution in [3.8, 4) is 11.5 Å². The molecule has 0 atom stereocenters. The van der Waals surface area contributed by atoms with E-state index in [1.54, 1.807) is 21.1 Å². The fourth-order valence-electron chi connectivity index (χ4n) is 2.78. The van der Waals surface area contributed by atoms with Gasteiger partial charge in [0, 0.05) is 24.4 Å². The van der Waals surface area contributed by atoms with Gasteiger partial charge in [-0.15, -0.1) is 0 Å². The van der Waals surface area contributed by atoms with Crippen molar-refractivity contribution in [2.24, 2.45) is 0 Å². The first kappa shape index (κ1) is 19.6. The second-order valence-electron chi connectivity index (χ2n) is 5.81. The second kappa shape index (κ2) is 9.10. The number of benzene rings is 1. The molecule has 2 amide bonds. The lowest BCUT2D eigenvalue weighted by Gasteiger charge is -2.25. The summed E-state index contributed by atoms with van der Waals surface area (Å²) in [6, 6.07) is 5.33. The highest BCUT2D eigenvalue weighted by Crippen LogP contribution is 2.31. The number of carbonyl (C=O) groups is 2. The lowest BCUT2D eigenvalue weighted by Crippen LogP contribution is -2.46. The quantitative estimate of drug-likeness (QED) is 0.676. The zero-order chi connectivity index (χ0) is 19.1. The van der Waals surface area contributed by atoms with E-state index in [0.717, 1.165) is 5.56 Å². The summed E-state index contributed by atoms with van der Waals surface area (Å²) in [6.07, 6.45) is 0. The zero-order valence-corrected chi connectivity index (χ0v) is 15.5. The summed E-state index contributed by atoms with van der Waals surface area (Å²) in [6.45, 7) is 3.09. The van der Waals surface area contributed by atoms with Crippen LogP contribution in [0.15, 0.2) is 29.5 Å². The zero-order valence-electron chi connectivity index (χ0n) is 15.5. The van der Waals surface area contributed by atoms with Gasteiger partial charge < -0.3 is 24.8 Å². The van der Waals surface area contributed by atoms with Crippen LogP contribution in [-0.2, 0) is 16.1 Å². The molecule has 0 fully saturated rings. The number of methoxy groups -OCH3 is 2. The van der Waals surface area contributed by atoms with Crippen LogP contribution in [0.5, 0.6) is 11.5 Å². The SMILES string of the molecule is CCOC(=O)C1=C(CN(C)Cc2cccc(OC)c2OC)NC(=O)NC1. The second-order valence-corrected chi connectivity index (χ2v) is 5.81. The van der Waals surface area contributed by atoms with Crippen molar-refractivity contribution in [3.05, 3.63) is 35.0 Å². The van der Waals surface area contributed by atoms with Gasteiger partial charge in [0.15, 0.2) is 11.5 Å². The number of hydrogen-bond donors (Lipinski definition) is 2. The van der Waals surface area contributed by atoms with E-state index in [1.165, 1.54) is 0 Å². The topological polar surface area (TPSA) is 89.1 Å². The Bertz CT molecular complexity index is 702. The maximum Gasteiger partial charge on any atom is 0.337 e. The van der Waals surface area contributed by atoms with Gasteiger partial charge in [0.1, 0.15) is 0 Å². The summed E-state index contributed by atoms with van der Waals surface area (Å²) in [5.41, 5.74) is 1.90. The highest BCUT2D eigenvalue weighted by atomic mass is 16.5. The number of para-hydroxylation sites is 1. The van der Waals surface area contributed by atoms with Gasteiger partial charge in [0.05, 0.1) is 32.9 Å². The van der Waals surface area contributed by atoms with E-state index < -0.39 is 5.97 Å². The Balaban J connectivity index is 2.18. The highest BCUT2D eigenvalue weighted by Gasteiger charge is 2.24. The minimum Gasteiger partial charge on any atom is -0.493 e. The van der Waals surface area contributed by atoms with E-state index in [1.807, 2.05) is 30.1 Å². The summed E-state index contributed by atoms with van der Waals surface area (Å²) in [4.78, 5) is 25.7. The van der Waals surface area contributed by atoms with Crippen molar-refractivity contribution < 1.29 is 23.8 Å². The number of carbonyl (C=O) groups excluding carboxylic acids is 2. The summed E-state index contributed by atoms with van der Waals surface area (Å²) >= 11 is 0. The van der Waals surface area contributed by atoms with Crippen LogP contribution < -0.4 is 20.1 Å². The first-order valence-corrected chi connectivity index (χ1v) is 8.32.